The normalized spacial score (nSPS) is 17.1. The van der Waals surface area contributed by atoms with E-state index in [0.717, 1.165) is 26.1 Å². The van der Waals surface area contributed by atoms with E-state index in [1.807, 2.05) is 0 Å². The maximum Gasteiger partial charge on any atom is 0.0485 e. The fraction of sp³-hybridized carbons (Fsp3) is 0.538. The van der Waals surface area contributed by atoms with E-state index in [2.05, 4.69) is 48.6 Å². The van der Waals surface area contributed by atoms with Crippen molar-refractivity contribution in [3.63, 3.8) is 0 Å². The third-order valence-corrected chi connectivity index (χ3v) is 2.95. The van der Waals surface area contributed by atoms with Crippen LogP contribution in [0, 0.1) is 0 Å². The minimum atomic E-state index is 0.561. The lowest BCUT2D eigenvalue weighted by Gasteiger charge is -2.24. The first-order valence-electron chi connectivity index (χ1n) is 5.87. The summed E-state index contributed by atoms with van der Waals surface area (Å²) in [6.07, 6.45) is 2.21. The van der Waals surface area contributed by atoms with Crippen molar-refractivity contribution in [2.24, 2.45) is 0 Å². The highest BCUT2D eigenvalue weighted by atomic mass is 16.5. The van der Waals surface area contributed by atoms with E-state index in [1.165, 1.54) is 11.4 Å². The van der Waals surface area contributed by atoms with Crippen molar-refractivity contribution in [2.45, 2.75) is 18.9 Å². The molecule has 3 heteroatoms. The molecule has 0 atom stereocenters. The number of nitrogens with one attached hydrogen (secondary N) is 1. The summed E-state index contributed by atoms with van der Waals surface area (Å²) in [7, 11) is 4.13. The molecule has 0 bridgehead atoms. The highest BCUT2D eigenvalue weighted by Crippen LogP contribution is 2.20. The molecule has 0 amide bonds. The molecule has 3 nitrogen and oxygen atoms in total. The molecule has 2 rings (SSSR count). The maximum absolute atomic E-state index is 5.35. The number of nitrogens with zero attached hydrogens (tertiary/aromatic N) is 1. The van der Waals surface area contributed by atoms with Crippen LogP contribution in [0.15, 0.2) is 24.3 Å². The smallest absolute Gasteiger partial charge is 0.0485 e. The average Bonchev–Trinajstić information content (AvgIpc) is 2.30. The van der Waals surface area contributed by atoms with E-state index in [9.17, 15) is 0 Å². The van der Waals surface area contributed by atoms with Gasteiger partial charge in [0.15, 0.2) is 0 Å². The lowest BCUT2D eigenvalue weighted by atomic mass is 10.1. The van der Waals surface area contributed by atoms with Crippen LogP contribution >= 0.6 is 0 Å². The van der Waals surface area contributed by atoms with Crippen LogP contribution in [0.4, 0.5) is 11.4 Å². The SMILES string of the molecule is CN(C)c1cccc(NC2CCOCC2)c1. The lowest BCUT2D eigenvalue weighted by molar-refractivity contribution is 0.0904. The Morgan fingerprint density at radius 3 is 2.69 bits per heavy atom. The second-order valence-corrected chi connectivity index (χ2v) is 4.48. The molecule has 0 spiro atoms. The van der Waals surface area contributed by atoms with Crippen molar-refractivity contribution in [3.05, 3.63) is 24.3 Å². The molecule has 0 aliphatic carbocycles. The standard InChI is InChI=1S/C13H20N2O/c1-15(2)13-5-3-4-12(10-13)14-11-6-8-16-9-7-11/h3-5,10-11,14H,6-9H2,1-2H3. The van der Waals surface area contributed by atoms with E-state index < -0.39 is 0 Å². The number of anilines is 2. The summed E-state index contributed by atoms with van der Waals surface area (Å²) >= 11 is 0. The fourth-order valence-electron chi connectivity index (χ4n) is 1.95. The second kappa shape index (κ2) is 5.21. The van der Waals surface area contributed by atoms with Gasteiger partial charge in [0.25, 0.3) is 0 Å². The summed E-state index contributed by atoms with van der Waals surface area (Å²) in [5.41, 5.74) is 2.44. The highest BCUT2D eigenvalue weighted by molar-refractivity contribution is 5.57. The van der Waals surface area contributed by atoms with Crippen LogP contribution < -0.4 is 10.2 Å². The third-order valence-electron chi connectivity index (χ3n) is 2.95. The second-order valence-electron chi connectivity index (χ2n) is 4.48. The molecular weight excluding hydrogens is 200 g/mol. The molecule has 1 heterocycles. The first-order chi connectivity index (χ1) is 7.75. The molecule has 0 saturated carbocycles. The zero-order chi connectivity index (χ0) is 11.4. The highest BCUT2D eigenvalue weighted by Gasteiger charge is 2.13. The zero-order valence-electron chi connectivity index (χ0n) is 10.1. The van der Waals surface area contributed by atoms with Crippen molar-refractivity contribution in [1.82, 2.24) is 0 Å². The Balaban J connectivity index is 2.00. The Morgan fingerprint density at radius 2 is 2.00 bits per heavy atom. The Labute approximate surface area is 97.4 Å². The Bertz CT molecular complexity index is 332. The predicted octanol–water partition coefficient (Wildman–Crippen LogP) is 2.34. The molecule has 0 radical (unpaired) electrons. The third kappa shape index (κ3) is 2.89. The first kappa shape index (κ1) is 11.3. The molecule has 0 aromatic heterocycles. The van der Waals surface area contributed by atoms with Crippen molar-refractivity contribution in [2.75, 3.05) is 37.5 Å². The van der Waals surface area contributed by atoms with E-state index in [1.54, 1.807) is 0 Å². The number of hydrogen-bond donors (Lipinski definition) is 1. The summed E-state index contributed by atoms with van der Waals surface area (Å²) in [6.45, 7) is 1.76. The molecule has 1 fully saturated rings. The molecule has 0 unspecified atom stereocenters. The minimum absolute atomic E-state index is 0.561. The minimum Gasteiger partial charge on any atom is -0.382 e. The van der Waals surface area contributed by atoms with Gasteiger partial charge in [-0.1, -0.05) is 6.07 Å². The van der Waals surface area contributed by atoms with E-state index >= 15 is 0 Å². The van der Waals surface area contributed by atoms with E-state index in [0.29, 0.717) is 6.04 Å². The van der Waals surface area contributed by atoms with Gasteiger partial charge in [-0.2, -0.15) is 0 Å². The summed E-state index contributed by atoms with van der Waals surface area (Å²) < 4.78 is 5.35. The van der Waals surface area contributed by atoms with Gasteiger partial charge in [-0.25, -0.2) is 0 Å². The van der Waals surface area contributed by atoms with Gasteiger partial charge in [0.05, 0.1) is 0 Å². The Hall–Kier alpha value is -1.22. The van der Waals surface area contributed by atoms with Crippen LogP contribution in [-0.4, -0.2) is 33.4 Å². The van der Waals surface area contributed by atoms with Crippen LogP contribution in [0.1, 0.15) is 12.8 Å². The molecular formula is C13H20N2O. The van der Waals surface area contributed by atoms with Gasteiger partial charge in [0.1, 0.15) is 0 Å². The number of benzene rings is 1. The fourth-order valence-corrected chi connectivity index (χ4v) is 1.95. The summed E-state index contributed by atoms with van der Waals surface area (Å²) in [5, 5.41) is 3.57. The topological polar surface area (TPSA) is 24.5 Å². The number of rotatable bonds is 3. The zero-order valence-corrected chi connectivity index (χ0v) is 10.1. The van der Waals surface area contributed by atoms with Gasteiger partial charge < -0.3 is 15.0 Å². The van der Waals surface area contributed by atoms with Crippen LogP contribution in [-0.2, 0) is 4.74 Å². The first-order valence-corrected chi connectivity index (χ1v) is 5.87. The molecule has 1 aromatic carbocycles. The van der Waals surface area contributed by atoms with E-state index in [-0.39, 0.29) is 0 Å². The van der Waals surface area contributed by atoms with Crippen molar-refractivity contribution in [1.29, 1.82) is 0 Å². The predicted molar refractivity (Wildman–Crippen MR) is 68.2 cm³/mol. The number of hydrogen-bond acceptors (Lipinski definition) is 3. The summed E-state index contributed by atoms with van der Waals surface area (Å²) in [5.74, 6) is 0. The average molecular weight is 220 g/mol. The summed E-state index contributed by atoms with van der Waals surface area (Å²) in [6, 6.07) is 9.09. The quantitative estimate of drug-likeness (QED) is 0.846. The summed E-state index contributed by atoms with van der Waals surface area (Å²) in [4.78, 5) is 2.12. The van der Waals surface area contributed by atoms with Crippen molar-refractivity contribution >= 4 is 11.4 Å². The Kier molecular flexibility index (Phi) is 3.67. The molecule has 1 aliphatic rings. The molecule has 1 saturated heterocycles. The van der Waals surface area contributed by atoms with Crippen molar-refractivity contribution in [3.8, 4) is 0 Å². The maximum atomic E-state index is 5.35. The number of ether oxygens (including phenoxy) is 1. The largest absolute Gasteiger partial charge is 0.382 e. The molecule has 16 heavy (non-hydrogen) atoms. The van der Waals surface area contributed by atoms with Gasteiger partial charge in [-0.15, -0.1) is 0 Å². The van der Waals surface area contributed by atoms with Gasteiger partial charge >= 0.3 is 0 Å². The molecule has 88 valence electrons. The van der Waals surface area contributed by atoms with Crippen LogP contribution in [0.25, 0.3) is 0 Å². The van der Waals surface area contributed by atoms with Gasteiger partial charge in [-0.3, -0.25) is 0 Å². The molecule has 1 N–H and O–H groups in total. The van der Waals surface area contributed by atoms with Crippen LogP contribution in [0.5, 0.6) is 0 Å². The molecule has 1 aromatic rings. The van der Waals surface area contributed by atoms with Gasteiger partial charge in [0.2, 0.25) is 0 Å². The van der Waals surface area contributed by atoms with E-state index in [4.69, 9.17) is 4.74 Å². The lowest BCUT2D eigenvalue weighted by Crippen LogP contribution is -2.27. The Morgan fingerprint density at radius 1 is 1.25 bits per heavy atom. The molecule has 1 aliphatic heterocycles. The van der Waals surface area contributed by atoms with Crippen molar-refractivity contribution < 1.29 is 4.74 Å². The van der Waals surface area contributed by atoms with Crippen LogP contribution in [0.3, 0.4) is 0 Å². The van der Waals surface area contributed by atoms with Gasteiger partial charge in [0, 0.05) is 44.7 Å². The monoisotopic (exact) mass is 220 g/mol. The van der Waals surface area contributed by atoms with Gasteiger partial charge in [-0.05, 0) is 31.0 Å². The van der Waals surface area contributed by atoms with Crippen LogP contribution in [0.2, 0.25) is 0 Å².